The molecule has 0 spiro atoms. The molecule has 9 fully saturated rings. The maximum Gasteiger partial charge on any atom is -0.0320 e. The maximum absolute atomic E-state index is 1.64. The fourth-order valence-corrected chi connectivity index (χ4v) is 8.79. The van der Waals surface area contributed by atoms with E-state index in [1.54, 1.807) is 64.2 Å². The van der Waals surface area contributed by atoms with E-state index in [-0.39, 0.29) is 0 Å². The highest BCUT2D eigenvalue weighted by Gasteiger charge is 2.67. The van der Waals surface area contributed by atoms with Crippen molar-refractivity contribution in [3.63, 3.8) is 0 Å². The second-order valence-electron chi connectivity index (χ2n) is 10.0. The van der Waals surface area contributed by atoms with E-state index in [9.17, 15) is 0 Å². The van der Waals surface area contributed by atoms with Crippen molar-refractivity contribution in [2.75, 3.05) is 0 Å². The standard InChI is InChI=1S/C10H14.C10H16/c1-5-2-7-4-6(1)9-8(3-5)10(7)9;1-7-2-9-4-8(1)5-10(3-7)6-9/h5-10H,1-4H2;7-10H,1-6H2. The van der Waals surface area contributed by atoms with Gasteiger partial charge in [0, 0.05) is 0 Å². The molecule has 0 N–H and O–H groups in total. The van der Waals surface area contributed by atoms with Gasteiger partial charge in [0.1, 0.15) is 0 Å². The molecule has 8 bridgehead atoms. The third-order valence-corrected chi connectivity index (χ3v) is 8.86. The summed E-state index contributed by atoms with van der Waals surface area (Å²) in [4.78, 5) is 0. The van der Waals surface area contributed by atoms with Crippen LogP contribution in [-0.2, 0) is 0 Å². The molecule has 110 valence electrons. The van der Waals surface area contributed by atoms with E-state index < -0.39 is 0 Å². The summed E-state index contributed by atoms with van der Waals surface area (Å²) in [6.45, 7) is 0. The molecular weight excluding hydrogens is 240 g/mol. The second kappa shape index (κ2) is 3.85. The Bertz CT molecular complexity index is 341. The van der Waals surface area contributed by atoms with Crippen LogP contribution in [0.25, 0.3) is 0 Å². The Morgan fingerprint density at radius 1 is 0.350 bits per heavy atom. The zero-order valence-corrected chi connectivity index (χ0v) is 12.8. The van der Waals surface area contributed by atoms with E-state index in [4.69, 9.17) is 0 Å². The zero-order chi connectivity index (χ0) is 12.8. The summed E-state index contributed by atoms with van der Waals surface area (Å²) in [5, 5.41) is 0. The molecule has 0 aromatic heterocycles. The quantitative estimate of drug-likeness (QED) is 0.572. The average Bonchev–Trinajstić information content (AvgIpc) is 3.06. The van der Waals surface area contributed by atoms with Crippen molar-refractivity contribution >= 4 is 0 Å². The third-order valence-electron chi connectivity index (χ3n) is 8.86. The van der Waals surface area contributed by atoms with Crippen molar-refractivity contribution in [3.8, 4) is 0 Å². The minimum absolute atomic E-state index is 1.18. The van der Waals surface area contributed by atoms with Crippen LogP contribution in [0.4, 0.5) is 0 Å². The van der Waals surface area contributed by atoms with Crippen LogP contribution in [0, 0.1) is 59.2 Å². The Morgan fingerprint density at radius 3 is 1.15 bits per heavy atom. The number of hydrogen-bond donors (Lipinski definition) is 0. The van der Waals surface area contributed by atoms with Gasteiger partial charge in [-0.05, 0) is 123 Å². The molecule has 20 heavy (non-hydrogen) atoms. The molecular formula is C20H30. The molecule has 0 aliphatic heterocycles. The van der Waals surface area contributed by atoms with Crippen LogP contribution >= 0.6 is 0 Å². The van der Waals surface area contributed by atoms with E-state index >= 15 is 0 Å². The van der Waals surface area contributed by atoms with E-state index in [0.717, 1.165) is 0 Å². The molecule has 4 atom stereocenters. The van der Waals surface area contributed by atoms with Gasteiger partial charge in [-0.15, -0.1) is 0 Å². The first-order valence-electron chi connectivity index (χ1n) is 9.83. The van der Waals surface area contributed by atoms with Crippen molar-refractivity contribution in [2.24, 2.45) is 59.2 Å². The van der Waals surface area contributed by atoms with E-state index in [2.05, 4.69) is 0 Å². The molecule has 0 heteroatoms. The van der Waals surface area contributed by atoms with Crippen molar-refractivity contribution in [3.05, 3.63) is 0 Å². The van der Waals surface area contributed by atoms with Crippen LogP contribution in [0.15, 0.2) is 0 Å². The van der Waals surface area contributed by atoms with Gasteiger partial charge in [0.25, 0.3) is 0 Å². The summed E-state index contributed by atoms with van der Waals surface area (Å²) in [6.07, 6.45) is 16.2. The predicted octanol–water partition coefficient (Wildman–Crippen LogP) is 5.13. The Kier molecular flexibility index (Phi) is 2.22. The fourth-order valence-electron chi connectivity index (χ4n) is 8.79. The van der Waals surface area contributed by atoms with Crippen LogP contribution in [-0.4, -0.2) is 0 Å². The Morgan fingerprint density at radius 2 is 0.750 bits per heavy atom. The first-order chi connectivity index (χ1) is 9.83. The SMILES string of the molecule is C1C2CC3CC1C1C(C2)C31.C1C2CC3CC1CC(C2)C3. The average molecular weight is 270 g/mol. The molecule has 0 heterocycles. The molecule has 4 unspecified atom stereocenters. The lowest BCUT2D eigenvalue weighted by atomic mass is 9.56. The summed E-state index contributed by atoms with van der Waals surface area (Å²) >= 11 is 0. The molecule has 0 aromatic rings. The van der Waals surface area contributed by atoms with Crippen LogP contribution in [0.2, 0.25) is 0 Å². The molecule has 0 saturated heterocycles. The van der Waals surface area contributed by atoms with Crippen LogP contribution < -0.4 is 0 Å². The summed E-state index contributed by atoms with van der Waals surface area (Å²) in [5.74, 6) is 12.2. The smallest absolute Gasteiger partial charge is 0.0320 e. The number of hydrogen-bond acceptors (Lipinski definition) is 0. The molecule has 9 aliphatic carbocycles. The van der Waals surface area contributed by atoms with Crippen LogP contribution in [0.5, 0.6) is 0 Å². The summed E-state index contributed by atoms with van der Waals surface area (Å²) in [5.41, 5.74) is 0. The highest BCUT2D eigenvalue weighted by molar-refractivity contribution is 5.16. The topological polar surface area (TPSA) is 0 Å². The van der Waals surface area contributed by atoms with E-state index in [1.165, 1.54) is 59.2 Å². The minimum atomic E-state index is 1.18. The Labute approximate surface area is 124 Å². The molecule has 0 radical (unpaired) electrons. The summed E-state index contributed by atoms with van der Waals surface area (Å²) in [7, 11) is 0. The first-order valence-corrected chi connectivity index (χ1v) is 9.83. The van der Waals surface area contributed by atoms with Crippen molar-refractivity contribution in [1.82, 2.24) is 0 Å². The van der Waals surface area contributed by atoms with Crippen molar-refractivity contribution in [2.45, 2.75) is 64.2 Å². The third kappa shape index (κ3) is 1.55. The van der Waals surface area contributed by atoms with Crippen molar-refractivity contribution < 1.29 is 0 Å². The predicted molar refractivity (Wildman–Crippen MR) is 81.1 cm³/mol. The van der Waals surface area contributed by atoms with Gasteiger partial charge in [-0.1, -0.05) is 0 Å². The van der Waals surface area contributed by atoms with Gasteiger partial charge in [-0.25, -0.2) is 0 Å². The summed E-state index contributed by atoms with van der Waals surface area (Å²) in [6, 6.07) is 0. The Hall–Kier alpha value is 0. The van der Waals surface area contributed by atoms with Gasteiger partial charge in [0.05, 0.1) is 0 Å². The van der Waals surface area contributed by atoms with Crippen LogP contribution in [0.1, 0.15) is 64.2 Å². The van der Waals surface area contributed by atoms with Gasteiger partial charge in [0.2, 0.25) is 0 Å². The molecule has 0 amide bonds. The first kappa shape index (κ1) is 11.6. The lowest BCUT2D eigenvalue weighted by Crippen LogP contribution is -2.38. The van der Waals surface area contributed by atoms with Crippen molar-refractivity contribution in [1.29, 1.82) is 0 Å². The van der Waals surface area contributed by atoms with Gasteiger partial charge in [-0.2, -0.15) is 0 Å². The monoisotopic (exact) mass is 270 g/mol. The lowest BCUT2D eigenvalue weighted by molar-refractivity contribution is 0.0198. The molecule has 0 nitrogen and oxygen atoms in total. The second-order valence-corrected chi connectivity index (χ2v) is 10.0. The zero-order valence-electron chi connectivity index (χ0n) is 12.8. The van der Waals surface area contributed by atoms with Gasteiger partial charge in [-0.3, -0.25) is 0 Å². The van der Waals surface area contributed by atoms with E-state index in [1.807, 2.05) is 0 Å². The lowest BCUT2D eigenvalue weighted by Gasteiger charge is -2.49. The molecule has 9 rings (SSSR count). The fraction of sp³-hybridized carbons (Fsp3) is 1.00. The van der Waals surface area contributed by atoms with Gasteiger partial charge < -0.3 is 0 Å². The Balaban J connectivity index is 0.0000000893. The molecule has 0 aromatic carbocycles. The van der Waals surface area contributed by atoms with E-state index in [0.29, 0.717) is 0 Å². The highest BCUT2D eigenvalue weighted by Crippen LogP contribution is 2.74. The summed E-state index contributed by atoms with van der Waals surface area (Å²) < 4.78 is 0. The normalized spacial score (nSPS) is 66.0. The molecule has 9 saturated carbocycles. The minimum Gasteiger partial charge on any atom is -0.0475 e. The van der Waals surface area contributed by atoms with Crippen LogP contribution in [0.3, 0.4) is 0 Å². The number of rotatable bonds is 0. The van der Waals surface area contributed by atoms with Gasteiger partial charge >= 0.3 is 0 Å². The maximum atomic E-state index is 1.64. The van der Waals surface area contributed by atoms with Gasteiger partial charge in [0.15, 0.2) is 0 Å². The molecule has 9 aliphatic rings. The highest BCUT2D eigenvalue weighted by atomic mass is 14.7. The largest absolute Gasteiger partial charge is 0.0475 e.